The number of hydrogen-bond acceptors (Lipinski definition) is 4. The number of nitrogen functional groups attached to an aromatic ring is 1. The number of amides is 1. The van der Waals surface area contributed by atoms with Crippen molar-refractivity contribution in [3.63, 3.8) is 0 Å². The minimum Gasteiger partial charge on any atom is -0.398 e. The van der Waals surface area contributed by atoms with Gasteiger partial charge in [0.15, 0.2) is 0 Å². The molecule has 2 aromatic rings. The summed E-state index contributed by atoms with van der Waals surface area (Å²) in [5.74, 6) is -0.373. The van der Waals surface area contributed by atoms with Crippen molar-refractivity contribution >= 4 is 38.9 Å². The SMILES string of the molecule is Cc1ccc(C(=O)Nc2ccc([N+](=O)[O-])cc2Br)c(N)c1. The number of nitro groups is 1. The first kappa shape index (κ1) is 15.0. The fourth-order valence-electron chi connectivity index (χ4n) is 1.80. The van der Waals surface area contributed by atoms with E-state index in [4.69, 9.17) is 5.73 Å². The Bertz CT molecular complexity index is 731. The lowest BCUT2D eigenvalue weighted by Gasteiger charge is -2.09. The molecule has 3 N–H and O–H groups in total. The summed E-state index contributed by atoms with van der Waals surface area (Å²) < 4.78 is 0.427. The number of rotatable bonds is 3. The van der Waals surface area contributed by atoms with Gasteiger partial charge in [-0.25, -0.2) is 0 Å². The van der Waals surface area contributed by atoms with Gasteiger partial charge in [0, 0.05) is 22.3 Å². The molecule has 21 heavy (non-hydrogen) atoms. The minimum atomic E-state index is -0.506. The number of nitrogens with zero attached hydrogens (tertiary/aromatic N) is 1. The molecule has 0 aliphatic heterocycles. The molecule has 1 amide bonds. The van der Waals surface area contributed by atoms with Crippen LogP contribution in [0.4, 0.5) is 17.1 Å². The van der Waals surface area contributed by atoms with Crippen molar-refractivity contribution in [2.75, 3.05) is 11.1 Å². The van der Waals surface area contributed by atoms with Gasteiger partial charge in [-0.1, -0.05) is 6.07 Å². The van der Waals surface area contributed by atoms with Gasteiger partial charge in [-0.2, -0.15) is 0 Å². The van der Waals surface area contributed by atoms with Crippen LogP contribution in [0.3, 0.4) is 0 Å². The number of carbonyl (C=O) groups is 1. The van der Waals surface area contributed by atoms with Crippen LogP contribution >= 0.6 is 15.9 Å². The summed E-state index contributed by atoms with van der Waals surface area (Å²) in [5, 5.41) is 13.3. The van der Waals surface area contributed by atoms with Crippen LogP contribution in [0.15, 0.2) is 40.9 Å². The van der Waals surface area contributed by atoms with Crippen LogP contribution in [-0.4, -0.2) is 10.8 Å². The van der Waals surface area contributed by atoms with E-state index in [9.17, 15) is 14.9 Å². The summed E-state index contributed by atoms with van der Waals surface area (Å²) in [5.41, 5.74) is 7.88. The highest BCUT2D eigenvalue weighted by Crippen LogP contribution is 2.28. The number of anilines is 2. The fourth-order valence-corrected chi connectivity index (χ4v) is 2.26. The summed E-state index contributed by atoms with van der Waals surface area (Å²) in [4.78, 5) is 22.3. The first-order valence-electron chi connectivity index (χ1n) is 6.00. The topological polar surface area (TPSA) is 98.3 Å². The van der Waals surface area contributed by atoms with Gasteiger partial charge in [0.25, 0.3) is 11.6 Å². The third-order valence-corrected chi connectivity index (χ3v) is 3.52. The van der Waals surface area contributed by atoms with E-state index in [1.165, 1.54) is 18.2 Å². The van der Waals surface area contributed by atoms with E-state index >= 15 is 0 Å². The average Bonchev–Trinajstić information content (AvgIpc) is 2.40. The van der Waals surface area contributed by atoms with Crippen molar-refractivity contribution in [3.05, 3.63) is 62.1 Å². The molecule has 0 atom stereocenters. The monoisotopic (exact) mass is 349 g/mol. The molecule has 0 aliphatic carbocycles. The second-order valence-corrected chi connectivity index (χ2v) is 5.32. The molecule has 2 rings (SSSR count). The number of nitrogens with two attached hydrogens (primary N) is 1. The van der Waals surface area contributed by atoms with Gasteiger partial charge >= 0.3 is 0 Å². The number of halogens is 1. The quantitative estimate of drug-likeness (QED) is 0.503. The predicted molar refractivity (Wildman–Crippen MR) is 84.3 cm³/mol. The second kappa shape index (κ2) is 5.92. The zero-order chi connectivity index (χ0) is 15.6. The van der Waals surface area contributed by atoms with Gasteiger partial charge in [0.1, 0.15) is 0 Å². The molecule has 7 heteroatoms. The highest BCUT2D eigenvalue weighted by Gasteiger charge is 2.14. The Morgan fingerprint density at radius 1 is 1.29 bits per heavy atom. The van der Waals surface area contributed by atoms with Gasteiger partial charge in [0.05, 0.1) is 16.2 Å². The Morgan fingerprint density at radius 2 is 2.00 bits per heavy atom. The normalized spacial score (nSPS) is 10.2. The molecular formula is C14H12BrN3O3. The van der Waals surface area contributed by atoms with Gasteiger partial charge in [-0.3, -0.25) is 14.9 Å². The molecule has 0 saturated carbocycles. The molecule has 0 heterocycles. The molecule has 108 valence electrons. The number of non-ortho nitro benzene ring substituents is 1. The van der Waals surface area contributed by atoms with Gasteiger partial charge < -0.3 is 11.1 Å². The molecule has 0 bridgehead atoms. The maximum Gasteiger partial charge on any atom is 0.270 e. The summed E-state index contributed by atoms with van der Waals surface area (Å²) in [6, 6.07) is 9.24. The van der Waals surface area contributed by atoms with E-state index in [2.05, 4.69) is 21.2 Å². The highest BCUT2D eigenvalue weighted by molar-refractivity contribution is 9.10. The zero-order valence-electron chi connectivity index (χ0n) is 11.1. The van der Waals surface area contributed by atoms with E-state index < -0.39 is 4.92 Å². The molecule has 0 spiro atoms. The number of hydrogen-bond donors (Lipinski definition) is 2. The third-order valence-electron chi connectivity index (χ3n) is 2.86. The van der Waals surface area contributed by atoms with Crippen LogP contribution in [0, 0.1) is 17.0 Å². The van der Waals surface area contributed by atoms with Gasteiger partial charge in [-0.05, 0) is 46.6 Å². The third kappa shape index (κ3) is 3.38. The van der Waals surface area contributed by atoms with Crippen molar-refractivity contribution in [2.24, 2.45) is 0 Å². The lowest BCUT2D eigenvalue weighted by Crippen LogP contribution is -2.14. The fraction of sp³-hybridized carbons (Fsp3) is 0.0714. The predicted octanol–water partition coefficient (Wildman–Crippen LogP) is 3.50. The highest BCUT2D eigenvalue weighted by atomic mass is 79.9. The number of benzene rings is 2. The van der Waals surface area contributed by atoms with Crippen molar-refractivity contribution in [1.82, 2.24) is 0 Å². The Labute approximate surface area is 129 Å². The van der Waals surface area contributed by atoms with Crippen molar-refractivity contribution in [2.45, 2.75) is 6.92 Å². The number of aryl methyl sites for hydroxylation is 1. The van der Waals surface area contributed by atoms with Crippen LogP contribution in [0.25, 0.3) is 0 Å². The minimum absolute atomic E-state index is 0.0604. The van der Waals surface area contributed by atoms with Crippen LogP contribution in [-0.2, 0) is 0 Å². The van der Waals surface area contributed by atoms with E-state index in [1.807, 2.05) is 6.92 Å². The van der Waals surface area contributed by atoms with E-state index in [0.717, 1.165) is 5.56 Å². The summed E-state index contributed by atoms with van der Waals surface area (Å²) in [6.07, 6.45) is 0. The average molecular weight is 350 g/mol. The van der Waals surface area contributed by atoms with E-state index in [-0.39, 0.29) is 11.6 Å². The van der Waals surface area contributed by atoms with Gasteiger partial charge in [-0.15, -0.1) is 0 Å². The van der Waals surface area contributed by atoms with Crippen LogP contribution in [0.5, 0.6) is 0 Å². The lowest BCUT2D eigenvalue weighted by molar-refractivity contribution is -0.384. The first-order chi connectivity index (χ1) is 9.88. The largest absolute Gasteiger partial charge is 0.398 e. The smallest absolute Gasteiger partial charge is 0.270 e. The van der Waals surface area contributed by atoms with Crippen molar-refractivity contribution in [3.8, 4) is 0 Å². The molecule has 0 unspecified atom stereocenters. The van der Waals surface area contributed by atoms with Crippen LogP contribution in [0.1, 0.15) is 15.9 Å². The number of nitrogens with one attached hydrogen (secondary N) is 1. The molecule has 0 radical (unpaired) electrons. The summed E-state index contributed by atoms with van der Waals surface area (Å²) >= 11 is 3.20. The lowest BCUT2D eigenvalue weighted by atomic mass is 10.1. The standard InChI is InChI=1S/C14H12BrN3O3/c1-8-2-4-10(12(16)6-8)14(19)17-13-5-3-9(18(20)21)7-11(13)15/h2-7H,16H2,1H3,(H,17,19). The Hall–Kier alpha value is -2.41. The van der Waals surface area contributed by atoms with Crippen LogP contribution < -0.4 is 11.1 Å². The first-order valence-corrected chi connectivity index (χ1v) is 6.79. The Balaban J connectivity index is 2.25. The molecule has 2 aromatic carbocycles. The van der Waals surface area contributed by atoms with Crippen molar-refractivity contribution < 1.29 is 9.72 Å². The molecule has 0 fully saturated rings. The molecule has 6 nitrogen and oxygen atoms in total. The van der Waals surface area contributed by atoms with Crippen LogP contribution in [0.2, 0.25) is 0 Å². The van der Waals surface area contributed by atoms with E-state index in [0.29, 0.717) is 21.4 Å². The Kier molecular flexibility index (Phi) is 4.23. The number of nitro benzene ring substituents is 1. The maximum absolute atomic E-state index is 12.2. The number of carbonyl (C=O) groups excluding carboxylic acids is 1. The second-order valence-electron chi connectivity index (χ2n) is 4.47. The zero-order valence-corrected chi connectivity index (χ0v) is 12.7. The summed E-state index contributed by atoms with van der Waals surface area (Å²) in [6.45, 7) is 1.88. The summed E-state index contributed by atoms with van der Waals surface area (Å²) in [7, 11) is 0. The molecule has 0 saturated heterocycles. The molecule has 0 aliphatic rings. The van der Waals surface area contributed by atoms with Gasteiger partial charge in [0.2, 0.25) is 0 Å². The maximum atomic E-state index is 12.2. The molecule has 0 aromatic heterocycles. The Morgan fingerprint density at radius 3 is 2.57 bits per heavy atom. The van der Waals surface area contributed by atoms with Crippen molar-refractivity contribution in [1.29, 1.82) is 0 Å². The molecular weight excluding hydrogens is 338 g/mol. The van der Waals surface area contributed by atoms with E-state index in [1.54, 1.807) is 18.2 Å².